The lowest BCUT2D eigenvalue weighted by Crippen LogP contribution is -2.41. The normalized spacial score (nSPS) is 22.9. The van der Waals surface area contributed by atoms with E-state index in [0.717, 1.165) is 13.0 Å². The molecule has 0 aromatic heterocycles. The molecule has 2 rings (SSSR count). The number of rotatable bonds is 2. The fourth-order valence-corrected chi connectivity index (χ4v) is 2.23. The Morgan fingerprint density at radius 3 is 2.67 bits per heavy atom. The van der Waals surface area contributed by atoms with Crippen LogP contribution in [0.1, 0.15) is 30.9 Å². The number of hydrazine groups is 1. The third kappa shape index (κ3) is 2.36. The number of halogens is 1. The van der Waals surface area contributed by atoms with Crippen molar-refractivity contribution in [3.05, 3.63) is 35.6 Å². The first kappa shape index (κ1) is 10.6. The maximum Gasteiger partial charge on any atom is 0.123 e. The van der Waals surface area contributed by atoms with Crippen LogP contribution in [-0.4, -0.2) is 18.6 Å². The van der Waals surface area contributed by atoms with Crippen LogP contribution in [0, 0.1) is 5.82 Å². The number of piperidine rings is 1. The SMILES string of the molecule is CNN1CCCCC1c1ccc(F)cc1. The minimum atomic E-state index is -0.162. The summed E-state index contributed by atoms with van der Waals surface area (Å²) < 4.78 is 12.8. The van der Waals surface area contributed by atoms with E-state index in [0.29, 0.717) is 6.04 Å². The number of nitrogens with one attached hydrogen (secondary N) is 1. The standard InChI is InChI=1S/C12H17FN2/c1-14-15-9-3-2-4-12(15)10-5-7-11(13)8-6-10/h5-8,12,14H,2-4,9H2,1H3. The quantitative estimate of drug-likeness (QED) is 0.803. The van der Waals surface area contributed by atoms with Crippen molar-refractivity contribution in [2.45, 2.75) is 25.3 Å². The van der Waals surface area contributed by atoms with Gasteiger partial charge in [-0.25, -0.2) is 9.40 Å². The molecule has 0 bridgehead atoms. The fraction of sp³-hybridized carbons (Fsp3) is 0.500. The molecule has 0 amide bonds. The molecule has 15 heavy (non-hydrogen) atoms. The van der Waals surface area contributed by atoms with Gasteiger partial charge in [0, 0.05) is 12.6 Å². The van der Waals surface area contributed by atoms with E-state index in [4.69, 9.17) is 0 Å². The van der Waals surface area contributed by atoms with Crippen molar-refractivity contribution in [2.75, 3.05) is 13.6 Å². The lowest BCUT2D eigenvalue weighted by atomic mass is 9.97. The van der Waals surface area contributed by atoms with Crippen LogP contribution in [0.15, 0.2) is 24.3 Å². The lowest BCUT2D eigenvalue weighted by molar-refractivity contribution is 0.0984. The summed E-state index contributed by atoms with van der Waals surface area (Å²) >= 11 is 0. The molecule has 1 fully saturated rings. The maximum absolute atomic E-state index is 12.8. The van der Waals surface area contributed by atoms with Gasteiger partial charge in [0.05, 0.1) is 0 Å². The molecule has 1 saturated heterocycles. The molecule has 1 aliphatic rings. The highest BCUT2D eigenvalue weighted by Gasteiger charge is 2.22. The number of nitrogens with zero attached hydrogens (tertiary/aromatic N) is 1. The van der Waals surface area contributed by atoms with E-state index in [2.05, 4.69) is 10.4 Å². The molecule has 1 unspecified atom stereocenters. The molecule has 1 aliphatic heterocycles. The van der Waals surface area contributed by atoms with Crippen molar-refractivity contribution in [1.82, 2.24) is 10.4 Å². The number of hydrogen-bond acceptors (Lipinski definition) is 2. The number of hydrogen-bond donors (Lipinski definition) is 1. The van der Waals surface area contributed by atoms with Crippen molar-refractivity contribution in [1.29, 1.82) is 0 Å². The molecule has 82 valence electrons. The molecular formula is C12H17FN2. The van der Waals surface area contributed by atoms with Gasteiger partial charge in [-0.15, -0.1) is 0 Å². The average molecular weight is 208 g/mol. The zero-order chi connectivity index (χ0) is 10.7. The molecule has 1 N–H and O–H groups in total. The lowest BCUT2D eigenvalue weighted by Gasteiger charge is -2.35. The van der Waals surface area contributed by atoms with Crippen LogP contribution >= 0.6 is 0 Å². The van der Waals surface area contributed by atoms with Gasteiger partial charge in [-0.1, -0.05) is 18.6 Å². The summed E-state index contributed by atoms with van der Waals surface area (Å²) in [5, 5.41) is 2.23. The summed E-state index contributed by atoms with van der Waals surface area (Å²) in [4.78, 5) is 0. The third-order valence-corrected chi connectivity index (χ3v) is 3.04. The summed E-state index contributed by atoms with van der Waals surface area (Å²) in [6.45, 7) is 1.07. The zero-order valence-electron chi connectivity index (χ0n) is 9.04. The van der Waals surface area contributed by atoms with Crippen LogP contribution in [0.4, 0.5) is 4.39 Å². The van der Waals surface area contributed by atoms with Crippen LogP contribution in [0.2, 0.25) is 0 Å². The molecule has 0 radical (unpaired) electrons. The Morgan fingerprint density at radius 2 is 2.00 bits per heavy atom. The monoisotopic (exact) mass is 208 g/mol. The van der Waals surface area contributed by atoms with Crippen LogP contribution in [0.5, 0.6) is 0 Å². The van der Waals surface area contributed by atoms with Gasteiger partial charge in [0.15, 0.2) is 0 Å². The summed E-state index contributed by atoms with van der Waals surface area (Å²) in [5.41, 5.74) is 4.41. The van der Waals surface area contributed by atoms with Crippen LogP contribution < -0.4 is 5.43 Å². The predicted molar refractivity (Wildman–Crippen MR) is 58.8 cm³/mol. The second-order valence-electron chi connectivity index (χ2n) is 3.98. The minimum Gasteiger partial charge on any atom is -0.258 e. The van der Waals surface area contributed by atoms with Gasteiger partial charge < -0.3 is 0 Å². The molecule has 2 nitrogen and oxygen atoms in total. The van der Waals surface area contributed by atoms with Crippen molar-refractivity contribution >= 4 is 0 Å². The van der Waals surface area contributed by atoms with Crippen molar-refractivity contribution in [3.63, 3.8) is 0 Å². The Labute approximate surface area is 90.1 Å². The van der Waals surface area contributed by atoms with Gasteiger partial charge in [-0.05, 0) is 37.6 Å². The molecule has 1 atom stereocenters. The van der Waals surface area contributed by atoms with Gasteiger partial charge in [0.25, 0.3) is 0 Å². The van der Waals surface area contributed by atoms with Gasteiger partial charge >= 0.3 is 0 Å². The van der Waals surface area contributed by atoms with Gasteiger partial charge in [0.2, 0.25) is 0 Å². The molecule has 1 heterocycles. The zero-order valence-corrected chi connectivity index (χ0v) is 9.04. The second-order valence-corrected chi connectivity index (χ2v) is 3.98. The van der Waals surface area contributed by atoms with E-state index in [9.17, 15) is 4.39 Å². The smallest absolute Gasteiger partial charge is 0.123 e. The Kier molecular flexibility index (Phi) is 3.34. The molecule has 1 aromatic rings. The predicted octanol–water partition coefficient (Wildman–Crippen LogP) is 2.49. The first-order valence-electron chi connectivity index (χ1n) is 5.51. The van der Waals surface area contributed by atoms with Crippen molar-refractivity contribution in [2.24, 2.45) is 0 Å². The van der Waals surface area contributed by atoms with E-state index in [-0.39, 0.29) is 5.82 Å². The highest BCUT2D eigenvalue weighted by molar-refractivity contribution is 5.20. The van der Waals surface area contributed by atoms with Crippen molar-refractivity contribution in [3.8, 4) is 0 Å². The Morgan fingerprint density at radius 1 is 1.27 bits per heavy atom. The van der Waals surface area contributed by atoms with E-state index in [1.54, 1.807) is 0 Å². The molecule has 0 saturated carbocycles. The molecule has 0 aliphatic carbocycles. The minimum absolute atomic E-state index is 0.162. The van der Waals surface area contributed by atoms with E-state index < -0.39 is 0 Å². The first-order valence-corrected chi connectivity index (χ1v) is 5.51. The number of benzene rings is 1. The van der Waals surface area contributed by atoms with Crippen LogP contribution in [0.25, 0.3) is 0 Å². The highest BCUT2D eigenvalue weighted by atomic mass is 19.1. The van der Waals surface area contributed by atoms with Crippen LogP contribution in [-0.2, 0) is 0 Å². The van der Waals surface area contributed by atoms with Crippen molar-refractivity contribution < 1.29 is 4.39 Å². The highest BCUT2D eigenvalue weighted by Crippen LogP contribution is 2.28. The van der Waals surface area contributed by atoms with E-state index in [1.807, 2.05) is 19.2 Å². The molecule has 3 heteroatoms. The molecule has 1 aromatic carbocycles. The van der Waals surface area contributed by atoms with Gasteiger partial charge in [-0.3, -0.25) is 5.43 Å². The third-order valence-electron chi connectivity index (χ3n) is 3.04. The topological polar surface area (TPSA) is 15.3 Å². The largest absolute Gasteiger partial charge is 0.258 e. The summed E-state index contributed by atoms with van der Waals surface area (Å²) in [5.74, 6) is -0.162. The average Bonchev–Trinajstić information content (AvgIpc) is 2.30. The summed E-state index contributed by atoms with van der Waals surface area (Å²) in [7, 11) is 1.95. The Balaban J connectivity index is 2.16. The Bertz CT molecular complexity index is 310. The maximum atomic E-state index is 12.8. The van der Waals surface area contributed by atoms with E-state index >= 15 is 0 Å². The van der Waals surface area contributed by atoms with Gasteiger partial charge in [0.1, 0.15) is 5.82 Å². The van der Waals surface area contributed by atoms with Gasteiger partial charge in [-0.2, -0.15) is 0 Å². The summed E-state index contributed by atoms with van der Waals surface area (Å²) in [6.07, 6.45) is 3.63. The summed E-state index contributed by atoms with van der Waals surface area (Å²) in [6, 6.07) is 7.24. The van der Waals surface area contributed by atoms with E-state index in [1.165, 1.54) is 30.5 Å². The van der Waals surface area contributed by atoms with Crippen LogP contribution in [0.3, 0.4) is 0 Å². The molecular weight excluding hydrogens is 191 g/mol. The Hall–Kier alpha value is -0.930. The first-order chi connectivity index (χ1) is 7.31. The molecule has 0 spiro atoms. The fourth-order valence-electron chi connectivity index (χ4n) is 2.23. The second kappa shape index (κ2) is 4.73.